The number of nitrogens with one attached hydrogen (secondary N) is 2. The molecule has 1 aromatic rings. The van der Waals surface area contributed by atoms with E-state index >= 15 is 0 Å². The first-order valence-electron chi connectivity index (χ1n) is 7.80. The highest BCUT2D eigenvalue weighted by Gasteiger charge is 2.31. The molecule has 1 fully saturated rings. The van der Waals surface area contributed by atoms with Gasteiger partial charge in [0.2, 0.25) is 0 Å². The number of aliphatic imine (C=N–C) groups is 1. The summed E-state index contributed by atoms with van der Waals surface area (Å²) in [5.41, 5.74) is 2.55. The highest BCUT2D eigenvalue weighted by atomic mass is 32.2. The summed E-state index contributed by atoms with van der Waals surface area (Å²) in [5.74, 6) is 0.862. The minimum atomic E-state index is 0.263. The smallest absolute Gasteiger partial charge is 0.191 e. The first kappa shape index (κ1) is 17.2. The number of nitrogens with zero attached hydrogens (tertiary/aromatic N) is 1. The minimum absolute atomic E-state index is 0.263. The molecule has 0 atom stereocenters. The maximum Gasteiger partial charge on any atom is 0.191 e. The van der Waals surface area contributed by atoms with Crippen molar-refractivity contribution >= 4 is 17.7 Å². The Labute approximate surface area is 138 Å². The van der Waals surface area contributed by atoms with Crippen molar-refractivity contribution in [1.29, 1.82) is 0 Å². The molecule has 5 heteroatoms. The summed E-state index contributed by atoms with van der Waals surface area (Å²) in [5, 5.41) is 6.87. The van der Waals surface area contributed by atoms with Crippen LogP contribution in [0.4, 0.5) is 0 Å². The highest BCUT2D eigenvalue weighted by molar-refractivity contribution is 8.00. The van der Waals surface area contributed by atoms with E-state index in [4.69, 9.17) is 4.74 Å². The van der Waals surface area contributed by atoms with Gasteiger partial charge in [0, 0.05) is 38.1 Å². The number of aryl methyl sites for hydroxylation is 1. The van der Waals surface area contributed by atoms with E-state index in [9.17, 15) is 0 Å². The van der Waals surface area contributed by atoms with Crippen LogP contribution in [0.5, 0.6) is 0 Å². The van der Waals surface area contributed by atoms with Crippen molar-refractivity contribution in [1.82, 2.24) is 10.6 Å². The van der Waals surface area contributed by atoms with Crippen molar-refractivity contribution in [2.45, 2.75) is 31.1 Å². The van der Waals surface area contributed by atoms with Gasteiger partial charge in [-0.3, -0.25) is 4.99 Å². The van der Waals surface area contributed by atoms with E-state index in [1.165, 1.54) is 11.1 Å². The molecule has 1 saturated heterocycles. The molecule has 1 heterocycles. The molecule has 2 N–H and O–H groups in total. The largest absolute Gasteiger partial charge is 0.381 e. The molecule has 4 nitrogen and oxygen atoms in total. The van der Waals surface area contributed by atoms with E-state index < -0.39 is 0 Å². The zero-order chi connectivity index (χ0) is 15.8. The summed E-state index contributed by atoms with van der Waals surface area (Å²) in [6.07, 6.45) is 4.38. The zero-order valence-electron chi connectivity index (χ0n) is 13.8. The van der Waals surface area contributed by atoms with Crippen LogP contribution >= 0.6 is 11.8 Å². The molecule has 1 aliphatic heterocycles. The third-order valence-electron chi connectivity index (χ3n) is 4.18. The molecule has 0 unspecified atom stereocenters. The molecule has 1 aliphatic rings. The molecule has 0 bridgehead atoms. The van der Waals surface area contributed by atoms with Crippen LogP contribution in [0.15, 0.2) is 29.3 Å². The number of thioether (sulfide) groups is 1. The Kier molecular flexibility index (Phi) is 6.58. The average molecular weight is 321 g/mol. The Morgan fingerprint density at radius 1 is 1.32 bits per heavy atom. The summed E-state index contributed by atoms with van der Waals surface area (Å²) in [7, 11) is 1.82. The summed E-state index contributed by atoms with van der Waals surface area (Å²) in [4.78, 5) is 4.33. The van der Waals surface area contributed by atoms with E-state index in [1.807, 2.05) is 18.8 Å². The fourth-order valence-electron chi connectivity index (χ4n) is 2.67. The lowest BCUT2D eigenvalue weighted by Crippen LogP contribution is -2.47. The molecule has 22 heavy (non-hydrogen) atoms. The first-order valence-corrected chi connectivity index (χ1v) is 9.03. The third kappa shape index (κ3) is 4.92. The molecule has 0 aromatic heterocycles. The summed E-state index contributed by atoms with van der Waals surface area (Å²) >= 11 is 1.94. The van der Waals surface area contributed by atoms with E-state index in [0.717, 1.165) is 45.1 Å². The number of rotatable bonds is 5. The van der Waals surface area contributed by atoms with Gasteiger partial charge in [-0.25, -0.2) is 0 Å². The van der Waals surface area contributed by atoms with Crippen molar-refractivity contribution in [2.75, 3.05) is 33.1 Å². The Morgan fingerprint density at radius 2 is 2.09 bits per heavy atom. The Morgan fingerprint density at radius 3 is 2.73 bits per heavy atom. The highest BCUT2D eigenvalue weighted by Crippen LogP contribution is 2.32. The van der Waals surface area contributed by atoms with Gasteiger partial charge in [-0.1, -0.05) is 29.8 Å². The molecule has 2 rings (SSSR count). The molecule has 1 aromatic carbocycles. The minimum Gasteiger partial charge on any atom is -0.381 e. The van der Waals surface area contributed by atoms with Crippen LogP contribution in [-0.4, -0.2) is 43.8 Å². The Bertz CT molecular complexity index is 498. The molecule has 0 aliphatic carbocycles. The number of hydrogen-bond donors (Lipinski definition) is 2. The predicted molar refractivity (Wildman–Crippen MR) is 95.7 cm³/mol. The number of hydrogen-bond acceptors (Lipinski definition) is 3. The van der Waals surface area contributed by atoms with Crippen LogP contribution in [0.1, 0.15) is 24.0 Å². The fourth-order valence-corrected chi connectivity index (χ4v) is 3.46. The van der Waals surface area contributed by atoms with Gasteiger partial charge in [0.1, 0.15) is 0 Å². The molecule has 0 saturated carbocycles. The number of benzene rings is 1. The van der Waals surface area contributed by atoms with Crippen LogP contribution in [0, 0.1) is 6.92 Å². The standard InChI is InChI=1S/C17H27N3OS/c1-14-5-4-6-15(11-14)12-19-16(18-2)20-13-17(22-3)7-9-21-10-8-17/h4-6,11H,7-10,12-13H2,1-3H3,(H2,18,19,20). The lowest BCUT2D eigenvalue weighted by Gasteiger charge is -2.36. The van der Waals surface area contributed by atoms with E-state index in [0.29, 0.717) is 0 Å². The Hall–Kier alpha value is -1.20. The normalized spacial score (nSPS) is 18.0. The molecule has 122 valence electrons. The SMILES string of the molecule is CN=C(NCc1cccc(C)c1)NCC1(SC)CCOCC1. The quantitative estimate of drug-likeness (QED) is 0.646. The summed E-state index contributed by atoms with van der Waals surface area (Å²) < 4.78 is 5.75. The second-order valence-electron chi connectivity index (χ2n) is 5.77. The molecule has 0 amide bonds. The van der Waals surface area contributed by atoms with Gasteiger partial charge in [0.15, 0.2) is 5.96 Å². The second kappa shape index (κ2) is 8.44. The topological polar surface area (TPSA) is 45.7 Å². The van der Waals surface area contributed by atoms with Crippen LogP contribution < -0.4 is 10.6 Å². The summed E-state index contributed by atoms with van der Waals surface area (Å²) in [6.45, 7) is 5.54. The van der Waals surface area contributed by atoms with Gasteiger partial charge in [-0.15, -0.1) is 0 Å². The van der Waals surface area contributed by atoms with E-state index in [-0.39, 0.29) is 4.75 Å². The Balaban J connectivity index is 1.84. The van der Waals surface area contributed by atoms with Gasteiger partial charge in [0.05, 0.1) is 0 Å². The lowest BCUT2D eigenvalue weighted by atomic mass is 9.99. The maximum absolute atomic E-state index is 5.49. The van der Waals surface area contributed by atoms with Crippen molar-refractivity contribution in [2.24, 2.45) is 4.99 Å². The van der Waals surface area contributed by atoms with Gasteiger partial charge >= 0.3 is 0 Å². The average Bonchev–Trinajstić information content (AvgIpc) is 2.56. The van der Waals surface area contributed by atoms with Gasteiger partial charge < -0.3 is 15.4 Å². The van der Waals surface area contributed by atoms with Gasteiger partial charge in [-0.2, -0.15) is 11.8 Å². The zero-order valence-corrected chi connectivity index (χ0v) is 14.6. The van der Waals surface area contributed by atoms with Crippen molar-refractivity contribution in [3.63, 3.8) is 0 Å². The second-order valence-corrected chi connectivity index (χ2v) is 7.04. The van der Waals surface area contributed by atoms with E-state index in [1.54, 1.807) is 0 Å². The van der Waals surface area contributed by atoms with Crippen LogP contribution in [-0.2, 0) is 11.3 Å². The van der Waals surface area contributed by atoms with Crippen molar-refractivity contribution in [3.8, 4) is 0 Å². The summed E-state index contributed by atoms with van der Waals surface area (Å²) in [6, 6.07) is 8.54. The maximum atomic E-state index is 5.49. The first-order chi connectivity index (χ1) is 10.7. The van der Waals surface area contributed by atoms with Crippen molar-refractivity contribution in [3.05, 3.63) is 35.4 Å². The number of guanidine groups is 1. The van der Waals surface area contributed by atoms with Crippen LogP contribution in [0.25, 0.3) is 0 Å². The fraction of sp³-hybridized carbons (Fsp3) is 0.588. The van der Waals surface area contributed by atoms with Gasteiger partial charge in [-0.05, 0) is 31.6 Å². The molecular formula is C17H27N3OS. The molecule has 0 spiro atoms. The molecule has 0 radical (unpaired) electrons. The van der Waals surface area contributed by atoms with E-state index in [2.05, 4.69) is 53.1 Å². The molecular weight excluding hydrogens is 294 g/mol. The monoisotopic (exact) mass is 321 g/mol. The van der Waals surface area contributed by atoms with Crippen LogP contribution in [0.3, 0.4) is 0 Å². The predicted octanol–water partition coefficient (Wildman–Crippen LogP) is 2.57. The lowest BCUT2D eigenvalue weighted by molar-refractivity contribution is 0.0783. The third-order valence-corrected chi connectivity index (χ3v) is 5.60. The van der Waals surface area contributed by atoms with Crippen molar-refractivity contribution < 1.29 is 4.74 Å². The number of ether oxygens (including phenoxy) is 1. The van der Waals surface area contributed by atoms with Crippen LogP contribution in [0.2, 0.25) is 0 Å². The van der Waals surface area contributed by atoms with Gasteiger partial charge in [0.25, 0.3) is 0 Å².